The number of hydrogen-bond donors (Lipinski definition) is 1. The van der Waals surface area contributed by atoms with Gasteiger partial charge in [-0.2, -0.15) is 0 Å². The van der Waals surface area contributed by atoms with Gasteiger partial charge in [-0.15, -0.1) is 11.3 Å². The van der Waals surface area contributed by atoms with E-state index in [1.165, 1.54) is 4.88 Å². The lowest BCUT2D eigenvalue weighted by atomic mass is 9.86. The highest BCUT2D eigenvalue weighted by Gasteiger charge is 2.34. The number of hydrogen-bond acceptors (Lipinski definition) is 3. The van der Waals surface area contributed by atoms with Crippen molar-refractivity contribution in [2.24, 2.45) is 11.8 Å². The maximum atomic E-state index is 12.2. The van der Waals surface area contributed by atoms with E-state index < -0.39 is 0 Å². The highest BCUT2D eigenvalue weighted by atomic mass is 32.1. The van der Waals surface area contributed by atoms with Crippen LogP contribution in [0.5, 0.6) is 0 Å². The summed E-state index contributed by atoms with van der Waals surface area (Å²) in [6.07, 6.45) is 7.66. The van der Waals surface area contributed by atoms with Crippen LogP contribution in [0.2, 0.25) is 0 Å². The van der Waals surface area contributed by atoms with Crippen molar-refractivity contribution in [2.75, 3.05) is 19.6 Å². The number of amides is 2. The Morgan fingerprint density at radius 3 is 2.70 bits per heavy atom. The van der Waals surface area contributed by atoms with Crippen LogP contribution in [0.3, 0.4) is 0 Å². The first-order valence-electron chi connectivity index (χ1n) is 7.31. The molecule has 1 saturated heterocycles. The van der Waals surface area contributed by atoms with E-state index in [0.717, 1.165) is 38.0 Å². The molecule has 1 aromatic heterocycles. The minimum Gasteiger partial charge on any atom is -0.338 e. The van der Waals surface area contributed by atoms with E-state index >= 15 is 0 Å². The summed E-state index contributed by atoms with van der Waals surface area (Å²) >= 11 is 1.67. The molecule has 2 amide bonds. The molecule has 1 N–H and O–H groups in total. The molecule has 20 heavy (non-hydrogen) atoms. The number of fused-ring (bicyclic) bond motifs is 1. The van der Waals surface area contributed by atoms with Gasteiger partial charge < -0.3 is 10.2 Å². The molecule has 0 aromatic carbocycles. The van der Waals surface area contributed by atoms with Crippen LogP contribution in [0.4, 0.5) is 4.79 Å². The lowest BCUT2D eigenvalue weighted by Crippen LogP contribution is -2.39. The fourth-order valence-corrected chi connectivity index (χ4v) is 3.92. The van der Waals surface area contributed by atoms with Crippen LogP contribution in [-0.2, 0) is 6.42 Å². The van der Waals surface area contributed by atoms with E-state index in [1.54, 1.807) is 11.3 Å². The van der Waals surface area contributed by atoms with Gasteiger partial charge >= 0.3 is 6.03 Å². The average molecular weight is 291 g/mol. The zero-order chi connectivity index (χ0) is 13.9. The van der Waals surface area contributed by atoms with Crippen molar-refractivity contribution in [2.45, 2.75) is 26.2 Å². The van der Waals surface area contributed by atoms with Gasteiger partial charge in [0.05, 0.1) is 11.2 Å². The van der Waals surface area contributed by atoms with Gasteiger partial charge in [0.25, 0.3) is 0 Å². The fourth-order valence-electron chi connectivity index (χ4n) is 3.14. The lowest BCUT2D eigenvalue weighted by Gasteiger charge is -2.17. The molecule has 2 atom stereocenters. The van der Waals surface area contributed by atoms with Crippen molar-refractivity contribution in [3.63, 3.8) is 0 Å². The number of aromatic nitrogens is 1. The van der Waals surface area contributed by atoms with Crippen molar-refractivity contribution in [3.8, 4) is 0 Å². The molecule has 2 aliphatic rings. The van der Waals surface area contributed by atoms with Crippen molar-refractivity contribution in [1.82, 2.24) is 15.2 Å². The average Bonchev–Trinajstić information content (AvgIpc) is 3.05. The minimum atomic E-state index is 0.0987. The highest BCUT2D eigenvalue weighted by molar-refractivity contribution is 7.09. The second-order valence-corrected chi connectivity index (χ2v) is 6.65. The molecule has 5 heteroatoms. The highest BCUT2D eigenvalue weighted by Crippen LogP contribution is 2.32. The Labute approximate surface area is 123 Å². The van der Waals surface area contributed by atoms with Gasteiger partial charge in [-0.25, -0.2) is 9.78 Å². The smallest absolute Gasteiger partial charge is 0.317 e. The number of carbonyl (C=O) groups is 1. The second-order valence-electron chi connectivity index (χ2n) is 5.71. The van der Waals surface area contributed by atoms with Crippen LogP contribution in [0.1, 0.15) is 23.4 Å². The monoisotopic (exact) mass is 291 g/mol. The molecular formula is C15H21N3OS. The quantitative estimate of drug-likeness (QED) is 0.870. The fraction of sp³-hybridized carbons (Fsp3) is 0.600. The minimum absolute atomic E-state index is 0.0987. The van der Waals surface area contributed by atoms with Crippen LogP contribution in [0.15, 0.2) is 17.7 Å². The first kappa shape index (κ1) is 13.6. The third-order valence-corrected chi connectivity index (χ3v) is 5.38. The normalized spacial score (nSPS) is 24.8. The number of urea groups is 1. The third-order valence-electron chi connectivity index (χ3n) is 4.38. The summed E-state index contributed by atoms with van der Waals surface area (Å²) in [5.41, 5.74) is 2.95. The predicted octanol–water partition coefficient (Wildman–Crippen LogP) is 2.60. The lowest BCUT2D eigenvalue weighted by molar-refractivity contribution is 0.206. The molecule has 0 unspecified atom stereocenters. The van der Waals surface area contributed by atoms with Gasteiger partial charge in [-0.1, -0.05) is 12.2 Å². The van der Waals surface area contributed by atoms with Gasteiger partial charge in [0.1, 0.15) is 0 Å². The molecular weight excluding hydrogens is 270 g/mol. The Morgan fingerprint density at radius 1 is 1.40 bits per heavy atom. The summed E-state index contributed by atoms with van der Waals surface area (Å²) in [6, 6.07) is 0.0987. The Kier molecular flexibility index (Phi) is 4.05. The Bertz CT molecular complexity index is 495. The molecule has 4 nitrogen and oxygen atoms in total. The van der Waals surface area contributed by atoms with Gasteiger partial charge in [0.2, 0.25) is 0 Å². The van der Waals surface area contributed by atoms with Crippen molar-refractivity contribution in [3.05, 3.63) is 28.2 Å². The van der Waals surface area contributed by atoms with Gasteiger partial charge in [0.15, 0.2) is 0 Å². The molecule has 3 rings (SSSR count). The maximum absolute atomic E-state index is 12.2. The summed E-state index contributed by atoms with van der Waals surface area (Å²) in [4.78, 5) is 19.7. The molecule has 0 bridgehead atoms. The van der Waals surface area contributed by atoms with Gasteiger partial charge in [-0.3, -0.25) is 0 Å². The van der Waals surface area contributed by atoms with E-state index in [2.05, 4.69) is 22.5 Å². The number of allylic oxidation sites excluding steroid dienone is 2. The van der Waals surface area contributed by atoms with Crippen LogP contribution < -0.4 is 5.32 Å². The number of nitrogens with one attached hydrogen (secondary N) is 1. The number of carbonyl (C=O) groups excluding carboxylic acids is 1. The van der Waals surface area contributed by atoms with Crippen molar-refractivity contribution < 1.29 is 4.79 Å². The largest absolute Gasteiger partial charge is 0.338 e. The Balaban J connectivity index is 1.45. The van der Waals surface area contributed by atoms with E-state index in [9.17, 15) is 4.79 Å². The van der Waals surface area contributed by atoms with Crippen molar-refractivity contribution >= 4 is 17.4 Å². The first-order chi connectivity index (χ1) is 9.74. The molecule has 108 valence electrons. The van der Waals surface area contributed by atoms with E-state index in [-0.39, 0.29) is 6.03 Å². The molecule has 1 aliphatic carbocycles. The second kappa shape index (κ2) is 5.95. The standard InChI is InChI=1S/C15H21N3OS/c1-11-14(20-10-17-11)6-7-16-15(19)18-8-12-4-2-3-5-13(12)9-18/h2-3,10,12-13H,4-9H2,1H3,(H,16,19)/t12-,13+. The van der Waals surface area contributed by atoms with Gasteiger partial charge in [-0.05, 0) is 31.6 Å². The zero-order valence-electron chi connectivity index (χ0n) is 11.8. The molecule has 1 aliphatic heterocycles. The van der Waals surface area contributed by atoms with E-state index in [1.807, 2.05) is 17.3 Å². The number of thiazole rings is 1. The summed E-state index contributed by atoms with van der Waals surface area (Å²) in [5.74, 6) is 1.35. The molecule has 0 spiro atoms. The summed E-state index contributed by atoms with van der Waals surface area (Å²) in [7, 11) is 0. The van der Waals surface area contributed by atoms with E-state index in [4.69, 9.17) is 0 Å². The van der Waals surface area contributed by atoms with Crippen LogP contribution >= 0.6 is 11.3 Å². The first-order valence-corrected chi connectivity index (χ1v) is 8.18. The van der Waals surface area contributed by atoms with Crippen LogP contribution in [-0.4, -0.2) is 35.5 Å². The van der Waals surface area contributed by atoms with E-state index in [0.29, 0.717) is 18.4 Å². The maximum Gasteiger partial charge on any atom is 0.317 e. The predicted molar refractivity (Wildman–Crippen MR) is 80.9 cm³/mol. The summed E-state index contributed by atoms with van der Waals surface area (Å²) < 4.78 is 0. The van der Waals surface area contributed by atoms with Crippen molar-refractivity contribution in [1.29, 1.82) is 0 Å². The number of rotatable bonds is 3. The SMILES string of the molecule is Cc1ncsc1CCNC(=O)N1C[C@H]2CC=CC[C@H]2C1. The number of nitrogens with zero attached hydrogens (tertiary/aromatic N) is 2. The summed E-state index contributed by atoms with van der Waals surface area (Å²) in [6.45, 7) is 4.55. The third kappa shape index (κ3) is 2.87. The Morgan fingerprint density at radius 2 is 2.10 bits per heavy atom. The van der Waals surface area contributed by atoms with Crippen LogP contribution in [0, 0.1) is 18.8 Å². The van der Waals surface area contributed by atoms with Gasteiger partial charge in [0, 0.05) is 30.9 Å². The molecule has 0 saturated carbocycles. The topological polar surface area (TPSA) is 45.2 Å². The molecule has 1 aromatic rings. The summed E-state index contributed by atoms with van der Waals surface area (Å²) in [5, 5.41) is 3.05. The molecule has 1 fully saturated rings. The van der Waals surface area contributed by atoms with Crippen LogP contribution in [0.25, 0.3) is 0 Å². The zero-order valence-corrected chi connectivity index (χ0v) is 12.7. The Hall–Kier alpha value is -1.36. The molecule has 0 radical (unpaired) electrons. The number of likely N-dealkylation sites (tertiary alicyclic amines) is 1. The molecule has 2 heterocycles. The number of aryl methyl sites for hydroxylation is 1.